The van der Waals surface area contributed by atoms with Crippen molar-refractivity contribution in [1.82, 2.24) is 20.1 Å². The number of nitrogens with one attached hydrogen (secondary N) is 1. The van der Waals surface area contributed by atoms with Crippen molar-refractivity contribution in [2.75, 3.05) is 39.8 Å². The van der Waals surface area contributed by atoms with Crippen molar-refractivity contribution in [2.24, 2.45) is 0 Å². The van der Waals surface area contributed by atoms with Crippen LogP contribution in [0.1, 0.15) is 32.5 Å². The molecule has 154 valence electrons. The number of morpholine rings is 1. The number of aromatic nitrogens is 1. The normalized spacial score (nSPS) is 19.7. The number of halogens is 1. The Morgan fingerprint density at radius 3 is 2.93 bits per heavy atom. The molecule has 1 fully saturated rings. The summed E-state index contributed by atoms with van der Waals surface area (Å²) in [6.07, 6.45) is 0.350. The van der Waals surface area contributed by atoms with Gasteiger partial charge >= 0.3 is 5.91 Å². The Bertz CT molecular complexity index is 916. The van der Waals surface area contributed by atoms with Crippen LogP contribution in [0.2, 0.25) is 0 Å². The smallest absolute Gasteiger partial charge is 0.307 e. The minimum atomic E-state index is -0.556. The number of amides is 2. The molecule has 4 rings (SSSR count). The number of rotatable bonds is 4. The Hall–Kier alpha value is -2.78. The van der Waals surface area contributed by atoms with Gasteiger partial charge in [0, 0.05) is 32.6 Å². The van der Waals surface area contributed by atoms with Crippen LogP contribution in [0.25, 0.3) is 0 Å². The van der Waals surface area contributed by atoms with E-state index in [1.165, 1.54) is 17.0 Å². The van der Waals surface area contributed by atoms with E-state index in [4.69, 9.17) is 9.15 Å². The molecule has 1 N–H and O–H groups in total. The van der Waals surface area contributed by atoms with Gasteiger partial charge in [-0.2, -0.15) is 0 Å². The maximum absolute atomic E-state index is 13.9. The van der Waals surface area contributed by atoms with Gasteiger partial charge in [0.25, 0.3) is 11.8 Å². The first-order valence-electron chi connectivity index (χ1n) is 9.62. The summed E-state index contributed by atoms with van der Waals surface area (Å²) in [5.74, 6) is -0.815. The molecule has 1 unspecified atom stereocenters. The highest BCUT2D eigenvalue weighted by atomic mass is 19.1. The van der Waals surface area contributed by atoms with Crippen LogP contribution in [0.3, 0.4) is 0 Å². The zero-order valence-electron chi connectivity index (χ0n) is 16.2. The fourth-order valence-corrected chi connectivity index (χ4v) is 3.55. The maximum atomic E-state index is 13.9. The van der Waals surface area contributed by atoms with Crippen LogP contribution in [-0.4, -0.2) is 72.5 Å². The average molecular weight is 402 g/mol. The molecule has 0 bridgehead atoms. The number of ether oxygens (including phenoxy) is 1. The number of carbonyl (C=O) groups excluding carboxylic acids is 2. The quantitative estimate of drug-likeness (QED) is 0.823. The van der Waals surface area contributed by atoms with Crippen molar-refractivity contribution < 1.29 is 23.1 Å². The highest BCUT2D eigenvalue weighted by Gasteiger charge is 2.29. The summed E-state index contributed by atoms with van der Waals surface area (Å²) < 4.78 is 25.1. The van der Waals surface area contributed by atoms with E-state index >= 15 is 0 Å². The number of fused-ring (bicyclic) bond motifs is 1. The van der Waals surface area contributed by atoms with E-state index in [-0.39, 0.29) is 24.1 Å². The van der Waals surface area contributed by atoms with Crippen molar-refractivity contribution in [3.8, 4) is 0 Å². The van der Waals surface area contributed by atoms with Crippen molar-refractivity contribution in [2.45, 2.75) is 19.1 Å². The van der Waals surface area contributed by atoms with Crippen molar-refractivity contribution in [3.05, 3.63) is 53.0 Å². The van der Waals surface area contributed by atoms with Gasteiger partial charge in [0.15, 0.2) is 0 Å². The molecule has 2 aliphatic rings. The molecule has 0 saturated carbocycles. The SMILES string of the molecule is CN1CCOC(CNC(=O)c2nc3c(o2)CCN(C(=O)c2ccccc2F)C3)C1. The molecule has 8 nitrogen and oxygen atoms in total. The monoisotopic (exact) mass is 402 g/mol. The molecular weight excluding hydrogens is 379 g/mol. The summed E-state index contributed by atoms with van der Waals surface area (Å²) in [5, 5.41) is 2.79. The lowest BCUT2D eigenvalue weighted by molar-refractivity contribution is -0.0176. The van der Waals surface area contributed by atoms with Crippen LogP contribution in [0.15, 0.2) is 28.7 Å². The molecule has 2 amide bonds. The van der Waals surface area contributed by atoms with Crippen LogP contribution >= 0.6 is 0 Å². The van der Waals surface area contributed by atoms with Gasteiger partial charge in [-0.05, 0) is 19.2 Å². The molecule has 1 aromatic carbocycles. The second kappa shape index (κ2) is 8.30. The average Bonchev–Trinajstić information content (AvgIpc) is 3.15. The molecule has 1 aromatic heterocycles. The number of oxazole rings is 1. The van der Waals surface area contributed by atoms with E-state index in [1.54, 1.807) is 12.1 Å². The van der Waals surface area contributed by atoms with Gasteiger partial charge in [-0.15, -0.1) is 0 Å². The summed E-state index contributed by atoms with van der Waals surface area (Å²) in [4.78, 5) is 32.9. The van der Waals surface area contributed by atoms with Gasteiger partial charge in [0.1, 0.15) is 17.3 Å². The Balaban J connectivity index is 1.38. The first kappa shape index (κ1) is 19.5. The van der Waals surface area contributed by atoms with Crippen LogP contribution < -0.4 is 5.32 Å². The lowest BCUT2D eigenvalue weighted by atomic mass is 10.1. The van der Waals surface area contributed by atoms with Crippen LogP contribution in [-0.2, 0) is 17.7 Å². The minimum absolute atomic E-state index is 0.0230. The van der Waals surface area contributed by atoms with E-state index in [2.05, 4.69) is 15.2 Å². The largest absolute Gasteiger partial charge is 0.437 e. The second-order valence-electron chi connectivity index (χ2n) is 7.31. The van der Waals surface area contributed by atoms with E-state index < -0.39 is 17.6 Å². The van der Waals surface area contributed by atoms with Crippen molar-refractivity contribution >= 4 is 11.8 Å². The fourth-order valence-electron chi connectivity index (χ4n) is 3.55. The number of carbonyl (C=O) groups is 2. The van der Waals surface area contributed by atoms with Crippen LogP contribution in [0, 0.1) is 5.82 Å². The summed E-state index contributed by atoms with van der Waals surface area (Å²) in [6, 6.07) is 5.88. The Morgan fingerprint density at radius 2 is 2.14 bits per heavy atom. The third-order valence-electron chi connectivity index (χ3n) is 5.15. The Labute approximate surface area is 167 Å². The first-order valence-corrected chi connectivity index (χ1v) is 9.62. The van der Waals surface area contributed by atoms with Gasteiger partial charge in [-0.3, -0.25) is 9.59 Å². The molecule has 1 saturated heterocycles. The lowest BCUT2D eigenvalue weighted by Gasteiger charge is -2.29. The van der Waals surface area contributed by atoms with E-state index in [0.29, 0.717) is 37.6 Å². The second-order valence-corrected chi connectivity index (χ2v) is 7.31. The topological polar surface area (TPSA) is 87.9 Å². The highest BCUT2D eigenvalue weighted by Crippen LogP contribution is 2.22. The number of hydrogen-bond donors (Lipinski definition) is 1. The van der Waals surface area contributed by atoms with Crippen molar-refractivity contribution in [3.63, 3.8) is 0 Å². The Kier molecular flexibility index (Phi) is 5.59. The summed E-state index contributed by atoms with van der Waals surface area (Å²) in [6.45, 7) is 3.17. The van der Waals surface area contributed by atoms with E-state index in [1.807, 2.05) is 7.05 Å². The van der Waals surface area contributed by atoms with E-state index in [9.17, 15) is 14.0 Å². The molecule has 29 heavy (non-hydrogen) atoms. The molecule has 0 aliphatic carbocycles. The number of hydrogen-bond acceptors (Lipinski definition) is 6. The lowest BCUT2D eigenvalue weighted by Crippen LogP contribution is -2.46. The van der Waals surface area contributed by atoms with Gasteiger partial charge in [-0.1, -0.05) is 12.1 Å². The van der Waals surface area contributed by atoms with E-state index in [0.717, 1.165) is 13.1 Å². The predicted octanol–water partition coefficient (Wildman–Crippen LogP) is 1.07. The highest BCUT2D eigenvalue weighted by molar-refractivity contribution is 5.94. The van der Waals surface area contributed by atoms with Crippen LogP contribution in [0.5, 0.6) is 0 Å². The van der Waals surface area contributed by atoms with Crippen molar-refractivity contribution in [1.29, 1.82) is 0 Å². The number of benzene rings is 1. The van der Waals surface area contributed by atoms with Gasteiger partial charge in [0.05, 0.1) is 24.8 Å². The maximum Gasteiger partial charge on any atom is 0.307 e. The zero-order chi connectivity index (χ0) is 20.4. The van der Waals surface area contributed by atoms with Gasteiger partial charge in [-0.25, -0.2) is 9.37 Å². The summed E-state index contributed by atoms with van der Waals surface area (Å²) in [7, 11) is 2.01. The standard InChI is InChI=1S/C20H23FN4O4/c1-24-8-9-28-13(11-24)10-22-18(26)19-23-16-12-25(7-6-17(16)29-19)20(27)14-4-2-3-5-15(14)21/h2-5,13H,6-12H2,1H3,(H,22,26). The fraction of sp³-hybridized carbons (Fsp3) is 0.450. The molecule has 1 atom stereocenters. The molecule has 0 radical (unpaired) electrons. The first-order chi connectivity index (χ1) is 14.0. The summed E-state index contributed by atoms with van der Waals surface area (Å²) >= 11 is 0. The molecule has 3 heterocycles. The number of likely N-dealkylation sites (N-methyl/N-ethyl adjacent to an activating group) is 1. The number of nitrogens with zero attached hydrogens (tertiary/aromatic N) is 3. The van der Waals surface area contributed by atoms with Crippen LogP contribution in [0.4, 0.5) is 4.39 Å². The third-order valence-corrected chi connectivity index (χ3v) is 5.15. The molecular formula is C20H23FN4O4. The summed E-state index contributed by atoms with van der Waals surface area (Å²) in [5.41, 5.74) is 0.551. The van der Waals surface area contributed by atoms with Gasteiger partial charge in [0.2, 0.25) is 0 Å². The molecule has 9 heteroatoms. The third kappa shape index (κ3) is 4.30. The zero-order valence-corrected chi connectivity index (χ0v) is 16.2. The van der Waals surface area contributed by atoms with Gasteiger partial charge < -0.3 is 24.3 Å². The molecule has 0 spiro atoms. The Morgan fingerprint density at radius 1 is 1.31 bits per heavy atom. The minimum Gasteiger partial charge on any atom is -0.437 e. The molecule has 2 aliphatic heterocycles. The predicted molar refractivity (Wildman–Crippen MR) is 101 cm³/mol. The molecule has 2 aromatic rings.